The maximum Gasteiger partial charge on any atom is 0.184 e. The Labute approximate surface area is 91.0 Å². The Morgan fingerprint density at radius 1 is 0.938 bits per heavy atom. The molecule has 8 heteroatoms. The lowest BCUT2D eigenvalue weighted by Crippen LogP contribution is -2.62. The van der Waals surface area contributed by atoms with Crippen molar-refractivity contribution in [3.8, 4) is 0 Å². The summed E-state index contributed by atoms with van der Waals surface area (Å²) in [7, 11) is 0. The van der Waals surface area contributed by atoms with Gasteiger partial charge in [0, 0.05) is 0 Å². The van der Waals surface area contributed by atoms with Gasteiger partial charge >= 0.3 is 0 Å². The van der Waals surface area contributed by atoms with Crippen LogP contribution in [0.15, 0.2) is 0 Å². The molecule has 1 heterocycles. The van der Waals surface area contributed by atoms with Crippen molar-refractivity contribution in [2.75, 3.05) is 6.61 Å². The van der Waals surface area contributed by atoms with Crippen LogP contribution in [-0.4, -0.2) is 85.3 Å². The normalized spacial score (nSPS) is 44.1. The van der Waals surface area contributed by atoms with Gasteiger partial charge in [-0.15, -0.1) is 0 Å². The zero-order chi connectivity index (χ0) is 12.5. The van der Waals surface area contributed by atoms with Gasteiger partial charge in [-0.1, -0.05) is 0 Å². The van der Waals surface area contributed by atoms with E-state index in [0.29, 0.717) is 0 Å². The van der Waals surface area contributed by atoms with E-state index >= 15 is 0 Å². The summed E-state index contributed by atoms with van der Waals surface area (Å²) in [5.41, 5.74) is 0. The summed E-state index contributed by atoms with van der Waals surface area (Å²) in [5, 5.41) is 64.1. The molecule has 1 saturated heterocycles. The average molecular weight is 240 g/mol. The fourth-order valence-electron chi connectivity index (χ4n) is 1.50. The number of ether oxygens (including phenoxy) is 1. The van der Waals surface area contributed by atoms with Crippen LogP contribution in [0.25, 0.3) is 0 Å². The first-order valence-electron chi connectivity index (χ1n) is 4.75. The Bertz CT molecular complexity index is 220. The number of hydrogen-bond acceptors (Lipinski definition) is 8. The largest absolute Gasteiger partial charge is 0.394 e. The molecule has 0 unspecified atom stereocenters. The van der Waals surface area contributed by atoms with Gasteiger partial charge in [-0.25, -0.2) is 0 Å². The van der Waals surface area contributed by atoms with Gasteiger partial charge in [0.15, 0.2) is 6.29 Å². The lowest BCUT2D eigenvalue weighted by molar-refractivity contribution is -0.303. The van der Waals surface area contributed by atoms with E-state index in [0.717, 1.165) is 0 Å². The van der Waals surface area contributed by atoms with E-state index in [-0.39, 0.29) is 0 Å². The zero-order valence-electron chi connectivity index (χ0n) is 8.29. The Hall–Kier alpha value is -0.320. The topological polar surface area (TPSA) is 151 Å². The number of aliphatic hydroxyl groups is 7. The minimum absolute atomic E-state index is 0.775. The van der Waals surface area contributed by atoms with Crippen LogP contribution in [0, 0.1) is 0 Å². The van der Waals surface area contributed by atoms with E-state index in [1.165, 1.54) is 0 Å². The number of hydrogen-bond donors (Lipinski definition) is 7. The van der Waals surface area contributed by atoms with Crippen molar-refractivity contribution in [2.45, 2.75) is 42.9 Å². The predicted molar refractivity (Wildman–Crippen MR) is 48.0 cm³/mol. The highest BCUT2D eigenvalue weighted by Crippen LogP contribution is 2.23. The summed E-state index contributed by atoms with van der Waals surface area (Å²) in [4.78, 5) is 0. The predicted octanol–water partition coefficient (Wildman–Crippen LogP) is -4.50. The van der Waals surface area contributed by atoms with Gasteiger partial charge in [0.2, 0.25) is 0 Å². The van der Waals surface area contributed by atoms with Crippen LogP contribution in [0.3, 0.4) is 0 Å². The van der Waals surface area contributed by atoms with Gasteiger partial charge in [-0.2, -0.15) is 0 Å². The smallest absolute Gasteiger partial charge is 0.184 e. The molecule has 0 saturated carbocycles. The molecule has 16 heavy (non-hydrogen) atoms. The van der Waals surface area contributed by atoms with Crippen LogP contribution in [-0.2, 0) is 4.74 Å². The van der Waals surface area contributed by atoms with Gasteiger partial charge in [0.1, 0.15) is 36.6 Å². The van der Waals surface area contributed by atoms with Gasteiger partial charge in [0.25, 0.3) is 0 Å². The van der Waals surface area contributed by atoms with Crippen molar-refractivity contribution in [1.82, 2.24) is 0 Å². The molecule has 0 bridgehead atoms. The standard InChI is InChI=1S/C8H16O8/c9-1-2(10)3(11)7-5(13)4(12)6(14)8(15)16-7/h2-15H,1H2/t2-,3+,4+,5-,6+,7-,8-/m1/s1. The molecule has 7 atom stereocenters. The van der Waals surface area contributed by atoms with Crippen molar-refractivity contribution in [2.24, 2.45) is 0 Å². The second-order valence-corrected chi connectivity index (χ2v) is 3.70. The molecule has 1 aliphatic rings. The summed E-state index contributed by atoms with van der Waals surface area (Å²) < 4.78 is 4.64. The molecule has 1 rings (SSSR count). The highest BCUT2D eigenvalue weighted by Gasteiger charge is 2.47. The first-order valence-corrected chi connectivity index (χ1v) is 4.75. The molecular weight excluding hydrogens is 224 g/mol. The van der Waals surface area contributed by atoms with Gasteiger partial charge in [0.05, 0.1) is 6.61 Å². The second-order valence-electron chi connectivity index (χ2n) is 3.70. The fraction of sp³-hybridized carbons (Fsp3) is 1.00. The molecule has 1 fully saturated rings. The number of aliphatic hydroxyl groups excluding tert-OH is 7. The van der Waals surface area contributed by atoms with Crippen LogP contribution in [0.2, 0.25) is 0 Å². The third-order valence-electron chi connectivity index (χ3n) is 2.54. The highest BCUT2D eigenvalue weighted by molar-refractivity contribution is 4.93. The van der Waals surface area contributed by atoms with E-state index < -0.39 is 49.5 Å². The van der Waals surface area contributed by atoms with E-state index in [2.05, 4.69) is 4.74 Å². The van der Waals surface area contributed by atoms with Crippen molar-refractivity contribution < 1.29 is 40.5 Å². The summed E-state index contributed by atoms with van der Waals surface area (Å²) in [5.74, 6) is 0. The molecule has 0 aromatic heterocycles. The van der Waals surface area contributed by atoms with Crippen LogP contribution in [0.5, 0.6) is 0 Å². The molecule has 0 amide bonds. The van der Waals surface area contributed by atoms with Gasteiger partial charge in [-0.3, -0.25) is 0 Å². The van der Waals surface area contributed by atoms with E-state index in [4.69, 9.17) is 20.4 Å². The molecular formula is C8H16O8. The summed E-state index contributed by atoms with van der Waals surface area (Å²) >= 11 is 0. The Morgan fingerprint density at radius 2 is 1.50 bits per heavy atom. The zero-order valence-corrected chi connectivity index (χ0v) is 8.29. The summed E-state index contributed by atoms with van der Waals surface area (Å²) in [6.45, 7) is -0.775. The lowest BCUT2D eigenvalue weighted by Gasteiger charge is -2.40. The van der Waals surface area contributed by atoms with E-state index in [1.54, 1.807) is 0 Å². The van der Waals surface area contributed by atoms with Crippen molar-refractivity contribution in [3.05, 3.63) is 0 Å². The molecule has 8 nitrogen and oxygen atoms in total. The molecule has 0 aromatic carbocycles. The molecule has 0 radical (unpaired) electrons. The highest BCUT2D eigenvalue weighted by atomic mass is 16.6. The monoisotopic (exact) mass is 240 g/mol. The minimum Gasteiger partial charge on any atom is -0.394 e. The maximum atomic E-state index is 9.44. The quantitative estimate of drug-likeness (QED) is 0.261. The fourth-order valence-corrected chi connectivity index (χ4v) is 1.50. The maximum absolute atomic E-state index is 9.44. The van der Waals surface area contributed by atoms with E-state index in [1.807, 2.05) is 0 Å². The molecule has 0 aromatic rings. The molecule has 0 aliphatic carbocycles. The molecule has 96 valence electrons. The van der Waals surface area contributed by atoms with Crippen molar-refractivity contribution >= 4 is 0 Å². The van der Waals surface area contributed by atoms with Crippen LogP contribution in [0.1, 0.15) is 0 Å². The van der Waals surface area contributed by atoms with Crippen LogP contribution in [0.4, 0.5) is 0 Å². The molecule has 1 aliphatic heterocycles. The molecule has 0 spiro atoms. The second kappa shape index (κ2) is 5.34. The van der Waals surface area contributed by atoms with E-state index in [9.17, 15) is 15.3 Å². The first-order chi connectivity index (χ1) is 7.40. The Balaban J connectivity index is 2.73. The average Bonchev–Trinajstić information content (AvgIpc) is 2.29. The number of rotatable bonds is 3. The third kappa shape index (κ3) is 2.50. The SMILES string of the molecule is OC[C@@H](O)[C@H](O)[C@H]1O[C@@H](O)[C@@H](O)[C@@H](O)[C@H]1O. The van der Waals surface area contributed by atoms with Crippen molar-refractivity contribution in [3.63, 3.8) is 0 Å². The minimum atomic E-state index is -1.79. The third-order valence-corrected chi connectivity index (χ3v) is 2.54. The lowest BCUT2D eigenvalue weighted by atomic mass is 9.93. The molecule has 7 N–H and O–H groups in total. The van der Waals surface area contributed by atoms with Crippen LogP contribution >= 0.6 is 0 Å². The van der Waals surface area contributed by atoms with Crippen molar-refractivity contribution in [1.29, 1.82) is 0 Å². The Morgan fingerprint density at radius 3 is 2.00 bits per heavy atom. The summed E-state index contributed by atoms with van der Waals surface area (Å²) in [6, 6.07) is 0. The van der Waals surface area contributed by atoms with Gasteiger partial charge in [-0.05, 0) is 0 Å². The Kier molecular flexibility index (Phi) is 4.59. The summed E-state index contributed by atoms with van der Waals surface area (Å²) in [6.07, 6.45) is -11.7. The first kappa shape index (κ1) is 13.7. The van der Waals surface area contributed by atoms with Crippen LogP contribution < -0.4 is 0 Å². The van der Waals surface area contributed by atoms with Gasteiger partial charge < -0.3 is 40.5 Å².